The van der Waals surface area contributed by atoms with Gasteiger partial charge in [-0.3, -0.25) is 14.7 Å². The number of H-pyrrole nitrogens is 1. The summed E-state index contributed by atoms with van der Waals surface area (Å²) < 4.78 is 15.7. The number of aromatic amines is 1. The fourth-order valence-electron chi connectivity index (χ4n) is 3.59. The second-order valence-electron chi connectivity index (χ2n) is 7.58. The zero-order valence-corrected chi connectivity index (χ0v) is 19.1. The number of anilines is 1. The minimum absolute atomic E-state index is 0.110. The number of benzene rings is 2. The normalized spacial score (nSPS) is 12.8. The molecule has 2 N–H and O–H groups in total. The first kappa shape index (κ1) is 23.0. The maximum atomic E-state index is 12.8. The van der Waals surface area contributed by atoms with Crippen molar-refractivity contribution in [2.45, 2.75) is 13.0 Å². The van der Waals surface area contributed by atoms with Gasteiger partial charge in [-0.1, -0.05) is 0 Å². The molecule has 2 heterocycles. The predicted octanol–water partition coefficient (Wildman–Crippen LogP) is 2.63. The summed E-state index contributed by atoms with van der Waals surface area (Å²) in [6, 6.07) is 10.7. The molecule has 0 unspecified atom stereocenters. The van der Waals surface area contributed by atoms with Crippen molar-refractivity contribution in [2.24, 2.45) is 0 Å². The highest BCUT2D eigenvalue weighted by atomic mass is 16.5. The van der Waals surface area contributed by atoms with Gasteiger partial charge in [-0.05, 0) is 53.6 Å². The number of amides is 2. The summed E-state index contributed by atoms with van der Waals surface area (Å²) >= 11 is 0. The van der Waals surface area contributed by atoms with E-state index in [2.05, 4.69) is 20.5 Å². The molecule has 0 spiro atoms. The van der Waals surface area contributed by atoms with Crippen molar-refractivity contribution in [3.63, 3.8) is 0 Å². The maximum absolute atomic E-state index is 12.8. The zero-order valence-electron chi connectivity index (χ0n) is 19.1. The van der Waals surface area contributed by atoms with Crippen LogP contribution in [0.5, 0.6) is 11.5 Å². The first-order valence-corrected chi connectivity index (χ1v) is 10.5. The highest BCUT2D eigenvalue weighted by Crippen LogP contribution is 2.32. The molecule has 0 fully saturated rings. The van der Waals surface area contributed by atoms with E-state index >= 15 is 0 Å². The Hall–Kier alpha value is -4.18. The molecule has 176 valence electrons. The average molecular weight is 463 g/mol. The molecule has 10 heteroatoms. The molecule has 0 atom stereocenters. The van der Waals surface area contributed by atoms with E-state index in [1.54, 1.807) is 51.8 Å². The number of hydrogen-bond donors (Lipinski definition) is 2. The van der Waals surface area contributed by atoms with Crippen LogP contribution in [0.2, 0.25) is 0 Å². The molecule has 0 radical (unpaired) electrons. The number of methoxy groups -OCH3 is 3. The number of nitrogens with one attached hydrogen (secondary N) is 2. The Morgan fingerprint density at radius 3 is 2.56 bits per heavy atom. The number of carbonyl (C=O) groups excluding carboxylic acids is 2. The lowest BCUT2D eigenvalue weighted by Crippen LogP contribution is -2.34. The quantitative estimate of drug-likeness (QED) is 0.527. The van der Waals surface area contributed by atoms with Crippen LogP contribution in [-0.2, 0) is 27.4 Å². The van der Waals surface area contributed by atoms with Crippen LogP contribution in [0.25, 0.3) is 17.5 Å². The second-order valence-corrected chi connectivity index (χ2v) is 7.58. The molecule has 4 rings (SSSR count). The van der Waals surface area contributed by atoms with Crippen molar-refractivity contribution in [1.82, 2.24) is 20.1 Å². The Morgan fingerprint density at radius 2 is 1.85 bits per heavy atom. The highest BCUT2D eigenvalue weighted by molar-refractivity contribution is 5.96. The number of carbonyl (C=O) groups is 2. The first-order valence-electron chi connectivity index (χ1n) is 10.5. The van der Waals surface area contributed by atoms with Crippen LogP contribution in [0.15, 0.2) is 42.6 Å². The molecule has 0 saturated heterocycles. The van der Waals surface area contributed by atoms with E-state index < -0.39 is 0 Å². The van der Waals surface area contributed by atoms with Crippen LogP contribution in [0, 0.1) is 0 Å². The summed E-state index contributed by atoms with van der Waals surface area (Å²) in [7, 11) is 4.69. The van der Waals surface area contributed by atoms with Gasteiger partial charge in [0.05, 0.1) is 20.6 Å². The fourth-order valence-corrected chi connectivity index (χ4v) is 3.59. The lowest BCUT2D eigenvalue weighted by atomic mass is 10.0. The van der Waals surface area contributed by atoms with Crippen LogP contribution in [0.1, 0.15) is 17.0 Å². The molecule has 2 aromatic carbocycles. The van der Waals surface area contributed by atoms with Crippen molar-refractivity contribution in [3.8, 4) is 22.9 Å². The van der Waals surface area contributed by atoms with Gasteiger partial charge < -0.3 is 24.4 Å². The Morgan fingerprint density at radius 1 is 1.12 bits per heavy atom. The fraction of sp³-hybridized carbons (Fsp3) is 0.250. The summed E-state index contributed by atoms with van der Waals surface area (Å²) in [4.78, 5) is 31.1. The molecule has 0 aliphatic carbocycles. The number of aromatic nitrogens is 3. The van der Waals surface area contributed by atoms with Gasteiger partial charge in [0.2, 0.25) is 11.8 Å². The number of rotatable bonds is 8. The molecule has 0 bridgehead atoms. The lowest BCUT2D eigenvalue weighted by Gasteiger charge is -2.17. The van der Waals surface area contributed by atoms with E-state index in [1.165, 1.54) is 4.90 Å². The van der Waals surface area contributed by atoms with Crippen molar-refractivity contribution >= 4 is 23.6 Å². The van der Waals surface area contributed by atoms with Crippen molar-refractivity contribution in [2.75, 3.05) is 33.2 Å². The summed E-state index contributed by atoms with van der Waals surface area (Å²) in [6.07, 6.45) is 3.55. The molecule has 34 heavy (non-hydrogen) atoms. The van der Waals surface area contributed by atoms with Crippen LogP contribution in [0.3, 0.4) is 0 Å². The highest BCUT2D eigenvalue weighted by Gasteiger charge is 2.21. The summed E-state index contributed by atoms with van der Waals surface area (Å²) in [6.45, 7) is 0.234. The van der Waals surface area contributed by atoms with Crippen LogP contribution >= 0.6 is 0 Å². The van der Waals surface area contributed by atoms with E-state index in [-0.39, 0.29) is 24.8 Å². The van der Waals surface area contributed by atoms with Gasteiger partial charge in [0.15, 0.2) is 23.1 Å². The minimum Gasteiger partial charge on any atom is -0.493 e. The van der Waals surface area contributed by atoms with Gasteiger partial charge in [-0.15, -0.1) is 0 Å². The van der Waals surface area contributed by atoms with Crippen LogP contribution in [0.4, 0.5) is 5.69 Å². The van der Waals surface area contributed by atoms with Gasteiger partial charge in [-0.25, -0.2) is 4.98 Å². The number of ether oxygens (including phenoxy) is 3. The SMILES string of the molecule is COCc1nc(-c2ccc(NC(=O)CN3C=Cc4cc(OC)c(OC)cc4CC3=O)cc2)n[nH]1. The topological polar surface area (TPSA) is 119 Å². The first-order chi connectivity index (χ1) is 16.5. The lowest BCUT2D eigenvalue weighted by molar-refractivity contribution is -0.131. The third-order valence-corrected chi connectivity index (χ3v) is 5.30. The Kier molecular flexibility index (Phi) is 6.88. The monoisotopic (exact) mass is 463 g/mol. The minimum atomic E-state index is -0.313. The Balaban J connectivity index is 1.40. The summed E-state index contributed by atoms with van der Waals surface area (Å²) in [5.74, 6) is 1.79. The van der Waals surface area contributed by atoms with E-state index in [0.29, 0.717) is 35.4 Å². The Labute approximate surface area is 196 Å². The van der Waals surface area contributed by atoms with Crippen molar-refractivity contribution < 1.29 is 23.8 Å². The number of fused-ring (bicyclic) bond motifs is 1. The average Bonchev–Trinajstić information content (AvgIpc) is 3.25. The summed E-state index contributed by atoms with van der Waals surface area (Å²) in [5.41, 5.74) is 3.04. The molecular formula is C24H25N5O5. The second kappa shape index (κ2) is 10.2. The molecule has 1 aliphatic rings. The van der Waals surface area contributed by atoms with E-state index in [0.717, 1.165) is 16.7 Å². The maximum Gasteiger partial charge on any atom is 0.244 e. The van der Waals surface area contributed by atoms with Crippen LogP contribution < -0.4 is 14.8 Å². The van der Waals surface area contributed by atoms with Crippen molar-refractivity contribution in [1.29, 1.82) is 0 Å². The van der Waals surface area contributed by atoms with Gasteiger partial charge >= 0.3 is 0 Å². The number of hydrogen-bond acceptors (Lipinski definition) is 7. The zero-order chi connectivity index (χ0) is 24.1. The molecule has 1 aromatic heterocycles. The largest absolute Gasteiger partial charge is 0.493 e. The molecule has 1 aliphatic heterocycles. The third kappa shape index (κ3) is 5.07. The van der Waals surface area contributed by atoms with Gasteiger partial charge in [0, 0.05) is 24.6 Å². The molecule has 3 aromatic rings. The molecule has 0 saturated carbocycles. The molecule has 10 nitrogen and oxygen atoms in total. The Bertz CT molecular complexity index is 1220. The summed E-state index contributed by atoms with van der Waals surface area (Å²) in [5, 5.41) is 9.79. The van der Waals surface area contributed by atoms with E-state index in [4.69, 9.17) is 14.2 Å². The smallest absolute Gasteiger partial charge is 0.244 e. The standard InChI is InChI=1S/C24H25N5O5/c1-32-14-21-26-24(28-27-21)15-4-6-18(7-5-15)25-22(30)13-29-9-8-16-10-19(33-2)20(34-3)11-17(16)12-23(29)31/h4-11H,12-14H2,1-3H3,(H,25,30)(H,26,27,28). The van der Waals surface area contributed by atoms with Gasteiger partial charge in [0.1, 0.15) is 13.2 Å². The predicted molar refractivity (Wildman–Crippen MR) is 125 cm³/mol. The van der Waals surface area contributed by atoms with Crippen LogP contribution in [-0.4, -0.2) is 59.8 Å². The van der Waals surface area contributed by atoms with Crippen molar-refractivity contribution in [3.05, 3.63) is 59.5 Å². The molecular weight excluding hydrogens is 438 g/mol. The number of nitrogens with zero attached hydrogens (tertiary/aromatic N) is 3. The van der Waals surface area contributed by atoms with Gasteiger partial charge in [0.25, 0.3) is 0 Å². The van der Waals surface area contributed by atoms with Gasteiger partial charge in [-0.2, -0.15) is 5.10 Å². The molecule has 2 amide bonds. The third-order valence-electron chi connectivity index (χ3n) is 5.30. The van der Waals surface area contributed by atoms with E-state index in [1.807, 2.05) is 18.2 Å². The van der Waals surface area contributed by atoms with E-state index in [9.17, 15) is 9.59 Å².